The number of carbonyl (C=O) groups excluding carboxylic acids is 1. The van der Waals surface area contributed by atoms with Crippen LogP contribution in [0.15, 0.2) is 30.3 Å². The first-order chi connectivity index (χ1) is 10.3. The van der Waals surface area contributed by atoms with Gasteiger partial charge in [0.2, 0.25) is 5.91 Å². The van der Waals surface area contributed by atoms with Crippen LogP contribution >= 0.6 is 11.8 Å². The minimum absolute atomic E-state index is 0.198. The summed E-state index contributed by atoms with van der Waals surface area (Å²) < 4.78 is 0. The third kappa shape index (κ3) is 5.69. The summed E-state index contributed by atoms with van der Waals surface area (Å²) in [6.45, 7) is 4.25. The molecule has 4 nitrogen and oxygen atoms in total. The average Bonchev–Trinajstić information content (AvgIpc) is 2.53. The van der Waals surface area contributed by atoms with Gasteiger partial charge in [-0.25, -0.2) is 0 Å². The van der Waals surface area contributed by atoms with Crippen LogP contribution in [0.1, 0.15) is 5.56 Å². The Morgan fingerprint density at radius 1 is 1.14 bits per heavy atom. The summed E-state index contributed by atoms with van der Waals surface area (Å²) >= 11 is 1.72. The number of aryl methyl sites for hydroxylation is 1. The van der Waals surface area contributed by atoms with Gasteiger partial charge in [-0.2, -0.15) is 11.8 Å². The second-order valence-electron chi connectivity index (χ2n) is 5.23. The highest BCUT2D eigenvalue weighted by molar-refractivity contribution is 7.99. The summed E-state index contributed by atoms with van der Waals surface area (Å²) in [4.78, 5) is 16.3. The summed E-state index contributed by atoms with van der Waals surface area (Å²) in [6, 6.07) is 10.4. The smallest absolute Gasteiger partial charge is 0.232 e. The Morgan fingerprint density at radius 2 is 1.86 bits per heavy atom. The molecule has 0 aromatic heterocycles. The normalized spacial score (nSPS) is 16.1. The quantitative estimate of drug-likeness (QED) is 0.766. The zero-order chi connectivity index (χ0) is 14.9. The molecule has 1 fully saturated rings. The highest BCUT2D eigenvalue weighted by Crippen LogP contribution is 2.09. The van der Waals surface area contributed by atoms with Gasteiger partial charge in [0.05, 0.1) is 12.4 Å². The zero-order valence-corrected chi connectivity index (χ0v) is 13.2. The lowest BCUT2D eigenvalue weighted by Gasteiger charge is -2.34. The van der Waals surface area contributed by atoms with Gasteiger partial charge in [-0.3, -0.25) is 9.69 Å². The molecular weight excluding hydrogens is 284 g/mol. The number of amides is 1. The number of aliphatic hydroxyl groups excluding tert-OH is 1. The Bertz CT molecular complexity index is 420. The second-order valence-corrected chi connectivity index (χ2v) is 6.34. The van der Waals surface area contributed by atoms with Gasteiger partial charge in [-0.15, -0.1) is 0 Å². The largest absolute Gasteiger partial charge is 0.395 e. The van der Waals surface area contributed by atoms with E-state index in [2.05, 4.69) is 29.2 Å². The van der Waals surface area contributed by atoms with Gasteiger partial charge in [0, 0.05) is 32.7 Å². The van der Waals surface area contributed by atoms with Gasteiger partial charge < -0.3 is 10.0 Å². The average molecular weight is 308 g/mol. The van der Waals surface area contributed by atoms with E-state index in [0.717, 1.165) is 38.4 Å². The maximum absolute atomic E-state index is 12.1. The van der Waals surface area contributed by atoms with Crippen molar-refractivity contribution in [3.8, 4) is 0 Å². The molecule has 2 rings (SSSR count). The zero-order valence-electron chi connectivity index (χ0n) is 12.4. The lowest BCUT2D eigenvalue weighted by Crippen LogP contribution is -2.49. The number of carbonyl (C=O) groups is 1. The van der Waals surface area contributed by atoms with Crippen LogP contribution in [-0.4, -0.2) is 71.6 Å². The van der Waals surface area contributed by atoms with Crippen LogP contribution in [-0.2, 0) is 11.2 Å². The Labute approximate surface area is 131 Å². The lowest BCUT2D eigenvalue weighted by molar-refractivity contribution is -0.130. The molecule has 21 heavy (non-hydrogen) atoms. The number of hydrogen-bond donors (Lipinski definition) is 1. The van der Waals surface area contributed by atoms with Crippen LogP contribution in [0.25, 0.3) is 0 Å². The fourth-order valence-corrected chi connectivity index (χ4v) is 3.33. The fourth-order valence-electron chi connectivity index (χ4n) is 2.45. The van der Waals surface area contributed by atoms with Gasteiger partial charge in [0.15, 0.2) is 0 Å². The predicted molar refractivity (Wildman–Crippen MR) is 87.6 cm³/mol. The van der Waals surface area contributed by atoms with Crippen molar-refractivity contribution in [1.82, 2.24) is 9.80 Å². The van der Waals surface area contributed by atoms with E-state index in [-0.39, 0.29) is 12.5 Å². The molecule has 1 amide bonds. The topological polar surface area (TPSA) is 43.8 Å². The van der Waals surface area contributed by atoms with E-state index in [1.54, 1.807) is 11.8 Å². The summed E-state index contributed by atoms with van der Waals surface area (Å²) in [6.07, 6.45) is 1.02. The number of thioether (sulfide) groups is 1. The van der Waals surface area contributed by atoms with Crippen LogP contribution < -0.4 is 0 Å². The molecule has 1 N–H and O–H groups in total. The van der Waals surface area contributed by atoms with E-state index < -0.39 is 0 Å². The maximum atomic E-state index is 12.1. The van der Waals surface area contributed by atoms with E-state index in [9.17, 15) is 4.79 Å². The monoisotopic (exact) mass is 308 g/mol. The summed E-state index contributed by atoms with van der Waals surface area (Å²) in [5.74, 6) is 1.81. The van der Waals surface area contributed by atoms with Gasteiger partial charge in [0.1, 0.15) is 0 Å². The number of piperazine rings is 1. The second kappa shape index (κ2) is 9.07. The van der Waals surface area contributed by atoms with Gasteiger partial charge in [-0.05, 0) is 17.7 Å². The summed E-state index contributed by atoms with van der Waals surface area (Å²) in [5, 5.41) is 8.91. The van der Waals surface area contributed by atoms with Crippen LogP contribution in [0.5, 0.6) is 0 Å². The van der Waals surface area contributed by atoms with E-state index in [1.807, 2.05) is 11.0 Å². The first kappa shape index (κ1) is 16.3. The third-order valence-electron chi connectivity index (χ3n) is 3.74. The van der Waals surface area contributed by atoms with Gasteiger partial charge in [-0.1, -0.05) is 30.3 Å². The van der Waals surface area contributed by atoms with Crippen molar-refractivity contribution >= 4 is 17.7 Å². The Hall–Kier alpha value is -1.04. The van der Waals surface area contributed by atoms with Crippen LogP contribution in [0.4, 0.5) is 0 Å². The van der Waals surface area contributed by atoms with E-state index in [0.29, 0.717) is 12.3 Å². The van der Waals surface area contributed by atoms with Crippen molar-refractivity contribution in [1.29, 1.82) is 0 Å². The van der Waals surface area contributed by atoms with Crippen molar-refractivity contribution < 1.29 is 9.90 Å². The maximum Gasteiger partial charge on any atom is 0.232 e. The predicted octanol–water partition coefficient (Wildman–Crippen LogP) is 1.10. The van der Waals surface area contributed by atoms with Crippen molar-refractivity contribution in [2.45, 2.75) is 6.42 Å². The third-order valence-corrected chi connectivity index (χ3v) is 4.69. The minimum Gasteiger partial charge on any atom is -0.395 e. The molecule has 1 aromatic rings. The molecule has 0 aliphatic carbocycles. The lowest BCUT2D eigenvalue weighted by atomic mass is 10.2. The molecule has 1 aliphatic heterocycles. The first-order valence-electron chi connectivity index (χ1n) is 7.52. The molecule has 1 heterocycles. The standard InChI is InChI=1S/C16H24N2O2S/c19-12-11-17-7-9-18(10-8-17)16(20)14-21-13-6-15-4-2-1-3-5-15/h1-5,19H,6-14H2. The highest BCUT2D eigenvalue weighted by Gasteiger charge is 2.20. The van der Waals surface area contributed by atoms with Crippen molar-refractivity contribution in [3.05, 3.63) is 35.9 Å². The molecule has 0 saturated carbocycles. The van der Waals surface area contributed by atoms with Crippen molar-refractivity contribution in [2.75, 3.05) is 50.8 Å². The number of aliphatic hydroxyl groups is 1. The van der Waals surface area contributed by atoms with Crippen molar-refractivity contribution in [2.24, 2.45) is 0 Å². The summed E-state index contributed by atoms with van der Waals surface area (Å²) in [7, 11) is 0. The van der Waals surface area contributed by atoms with E-state index in [4.69, 9.17) is 5.11 Å². The SMILES string of the molecule is O=C(CSCCc1ccccc1)N1CCN(CCO)CC1. The highest BCUT2D eigenvalue weighted by atomic mass is 32.2. The first-order valence-corrected chi connectivity index (χ1v) is 8.67. The fraction of sp³-hybridized carbons (Fsp3) is 0.562. The molecule has 1 aromatic carbocycles. The number of rotatable bonds is 7. The minimum atomic E-state index is 0.198. The Balaban J connectivity index is 1.60. The molecule has 0 spiro atoms. The molecule has 0 radical (unpaired) electrons. The van der Waals surface area contributed by atoms with Gasteiger partial charge >= 0.3 is 0 Å². The van der Waals surface area contributed by atoms with Crippen LogP contribution in [0, 0.1) is 0 Å². The molecule has 116 valence electrons. The number of β-amino-alcohol motifs (C(OH)–C–C–N with tert-alkyl or cyclic N) is 1. The number of hydrogen-bond acceptors (Lipinski definition) is 4. The molecule has 1 saturated heterocycles. The molecular formula is C16H24N2O2S. The molecule has 1 aliphatic rings. The number of benzene rings is 1. The summed E-state index contributed by atoms with van der Waals surface area (Å²) in [5.41, 5.74) is 1.33. The molecule has 0 unspecified atom stereocenters. The molecule has 0 atom stereocenters. The van der Waals surface area contributed by atoms with E-state index >= 15 is 0 Å². The van der Waals surface area contributed by atoms with Crippen LogP contribution in [0.3, 0.4) is 0 Å². The Kier molecular flexibility index (Phi) is 7.06. The Morgan fingerprint density at radius 3 is 2.52 bits per heavy atom. The van der Waals surface area contributed by atoms with Crippen LogP contribution in [0.2, 0.25) is 0 Å². The van der Waals surface area contributed by atoms with Gasteiger partial charge in [0.25, 0.3) is 0 Å². The van der Waals surface area contributed by atoms with Crippen molar-refractivity contribution in [3.63, 3.8) is 0 Å². The molecule has 0 bridgehead atoms. The molecule has 5 heteroatoms. The van der Waals surface area contributed by atoms with E-state index in [1.165, 1.54) is 5.56 Å². The number of nitrogens with zero attached hydrogens (tertiary/aromatic N) is 2.